The van der Waals surface area contributed by atoms with Crippen LogP contribution in [0.4, 0.5) is 11.4 Å². The van der Waals surface area contributed by atoms with E-state index < -0.39 is 5.41 Å². The lowest BCUT2D eigenvalue weighted by Crippen LogP contribution is -2.30. The van der Waals surface area contributed by atoms with Crippen molar-refractivity contribution in [3.8, 4) is 0 Å². The van der Waals surface area contributed by atoms with E-state index in [1.165, 1.54) is 39.1 Å². The van der Waals surface area contributed by atoms with Crippen molar-refractivity contribution in [2.24, 2.45) is 5.41 Å². The average molecular weight is 529 g/mol. The molecule has 3 aromatic rings. The van der Waals surface area contributed by atoms with Crippen LogP contribution in [0.3, 0.4) is 0 Å². The highest BCUT2D eigenvalue weighted by atomic mass is 16.5. The maximum Gasteiger partial charge on any atom is 0.311 e. The van der Waals surface area contributed by atoms with E-state index in [1.54, 1.807) is 0 Å². The number of ether oxygens (including phenoxy) is 1. The SMILES string of the molecule is CCN(CC)c1ccc(C(c2ccc(N(C)CCOC(=O)C(C)(C)CC)cc2)c2ccc(C)cc2C)c(C)c1. The van der Waals surface area contributed by atoms with Crippen LogP contribution in [0.5, 0.6) is 0 Å². The topological polar surface area (TPSA) is 32.8 Å². The van der Waals surface area contributed by atoms with Gasteiger partial charge in [-0.25, -0.2) is 0 Å². The summed E-state index contributed by atoms with van der Waals surface area (Å²) < 4.78 is 5.56. The zero-order valence-corrected chi connectivity index (χ0v) is 25.6. The summed E-state index contributed by atoms with van der Waals surface area (Å²) in [6.07, 6.45) is 0.766. The molecule has 0 fully saturated rings. The predicted octanol–water partition coefficient (Wildman–Crippen LogP) is 8.05. The second-order valence-electron chi connectivity index (χ2n) is 11.4. The molecule has 0 amide bonds. The third kappa shape index (κ3) is 7.23. The molecule has 39 heavy (non-hydrogen) atoms. The van der Waals surface area contributed by atoms with Crippen molar-refractivity contribution in [3.63, 3.8) is 0 Å². The number of likely N-dealkylation sites (N-methyl/N-ethyl adjacent to an activating group) is 1. The van der Waals surface area contributed by atoms with Crippen molar-refractivity contribution in [2.75, 3.05) is 43.1 Å². The lowest BCUT2D eigenvalue weighted by molar-refractivity contribution is -0.153. The minimum Gasteiger partial charge on any atom is -0.463 e. The van der Waals surface area contributed by atoms with Crippen LogP contribution >= 0.6 is 0 Å². The molecule has 0 saturated heterocycles. The van der Waals surface area contributed by atoms with E-state index in [1.807, 2.05) is 27.8 Å². The Morgan fingerprint density at radius 3 is 1.92 bits per heavy atom. The largest absolute Gasteiger partial charge is 0.463 e. The third-order valence-electron chi connectivity index (χ3n) is 8.19. The standard InChI is InChI=1S/C35H48N2O2/c1-10-35(7,8)34(38)39-22-21-36(9)29-16-14-28(15-17-29)33(31-19-13-25(4)23-26(31)5)32-20-18-30(24-27(32)6)37(11-2)12-3/h13-20,23-24,33H,10-12,21-22H2,1-9H3. The molecule has 0 radical (unpaired) electrons. The summed E-state index contributed by atoms with van der Waals surface area (Å²) in [5, 5.41) is 0. The molecule has 4 heteroatoms. The van der Waals surface area contributed by atoms with Crippen LogP contribution in [0.15, 0.2) is 60.7 Å². The fourth-order valence-electron chi connectivity index (χ4n) is 5.11. The maximum absolute atomic E-state index is 12.3. The van der Waals surface area contributed by atoms with Gasteiger partial charge in [0.2, 0.25) is 0 Å². The van der Waals surface area contributed by atoms with Crippen molar-refractivity contribution >= 4 is 17.3 Å². The number of carbonyl (C=O) groups is 1. The molecule has 0 bridgehead atoms. The van der Waals surface area contributed by atoms with E-state index in [9.17, 15) is 4.79 Å². The van der Waals surface area contributed by atoms with Crippen molar-refractivity contribution in [2.45, 2.75) is 67.7 Å². The number of anilines is 2. The molecule has 0 saturated carbocycles. The number of carbonyl (C=O) groups excluding carboxylic acids is 1. The normalized spacial score (nSPS) is 12.2. The molecule has 4 nitrogen and oxygen atoms in total. The van der Waals surface area contributed by atoms with Gasteiger partial charge in [-0.2, -0.15) is 0 Å². The number of hydrogen-bond acceptors (Lipinski definition) is 4. The molecule has 0 aliphatic carbocycles. The molecule has 0 aromatic heterocycles. The minimum absolute atomic E-state index is 0.132. The van der Waals surface area contributed by atoms with Gasteiger partial charge < -0.3 is 14.5 Å². The molecule has 3 rings (SSSR count). The summed E-state index contributed by atoms with van der Waals surface area (Å²) >= 11 is 0. The highest BCUT2D eigenvalue weighted by Crippen LogP contribution is 2.37. The second-order valence-corrected chi connectivity index (χ2v) is 11.4. The quantitative estimate of drug-likeness (QED) is 0.176. The Kier molecular flexibility index (Phi) is 10.2. The Morgan fingerprint density at radius 2 is 1.38 bits per heavy atom. The fourth-order valence-corrected chi connectivity index (χ4v) is 5.11. The Balaban J connectivity index is 1.89. The summed E-state index contributed by atoms with van der Waals surface area (Å²) in [6, 6.07) is 22.6. The first kappa shape index (κ1) is 30.3. The lowest BCUT2D eigenvalue weighted by atomic mass is 9.81. The Morgan fingerprint density at radius 1 is 0.821 bits per heavy atom. The zero-order chi connectivity index (χ0) is 28.7. The molecule has 0 aliphatic heterocycles. The first-order valence-corrected chi connectivity index (χ1v) is 14.4. The van der Waals surface area contributed by atoms with Gasteiger partial charge in [-0.1, -0.05) is 48.9 Å². The molecule has 210 valence electrons. The van der Waals surface area contributed by atoms with Gasteiger partial charge >= 0.3 is 5.97 Å². The van der Waals surface area contributed by atoms with Crippen LogP contribution in [0, 0.1) is 26.2 Å². The van der Waals surface area contributed by atoms with Gasteiger partial charge in [0.05, 0.1) is 12.0 Å². The molecule has 1 unspecified atom stereocenters. The minimum atomic E-state index is -0.439. The number of hydrogen-bond donors (Lipinski definition) is 0. The summed E-state index contributed by atoms with van der Waals surface area (Å²) in [6.45, 7) is 19.9. The molecule has 0 heterocycles. The average Bonchev–Trinajstić information content (AvgIpc) is 2.91. The summed E-state index contributed by atoms with van der Waals surface area (Å²) in [4.78, 5) is 16.9. The Bertz CT molecular complexity index is 1240. The van der Waals surface area contributed by atoms with Gasteiger partial charge in [-0.05, 0) is 107 Å². The Hall–Kier alpha value is -3.27. The van der Waals surface area contributed by atoms with Crippen molar-refractivity contribution in [1.82, 2.24) is 0 Å². The Labute approximate surface area is 237 Å². The van der Waals surface area contributed by atoms with Crippen LogP contribution in [0.2, 0.25) is 0 Å². The van der Waals surface area contributed by atoms with Crippen molar-refractivity contribution < 1.29 is 9.53 Å². The van der Waals surface area contributed by atoms with E-state index in [-0.39, 0.29) is 11.9 Å². The van der Waals surface area contributed by atoms with Crippen LogP contribution in [0.25, 0.3) is 0 Å². The molecule has 0 N–H and O–H groups in total. The zero-order valence-electron chi connectivity index (χ0n) is 25.6. The fraction of sp³-hybridized carbons (Fsp3) is 0.457. The number of esters is 1. The van der Waals surface area contributed by atoms with Gasteiger partial charge in [0.15, 0.2) is 0 Å². The molecule has 1 atom stereocenters. The van der Waals surface area contributed by atoms with E-state index in [0.717, 1.165) is 25.2 Å². The van der Waals surface area contributed by atoms with Crippen LogP contribution < -0.4 is 9.80 Å². The smallest absolute Gasteiger partial charge is 0.311 e. The van der Waals surface area contributed by atoms with E-state index >= 15 is 0 Å². The van der Waals surface area contributed by atoms with E-state index in [2.05, 4.69) is 105 Å². The highest BCUT2D eigenvalue weighted by molar-refractivity contribution is 5.75. The maximum atomic E-state index is 12.3. The number of nitrogens with zero attached hydrogens (tertiary/aromatic N) is 2. The molecular weight excluding hydrogens is 480 g/mol. The van der Waals surface area contributed by atoms with Gasteiger partial charge in [0.1, 0.15) is 6.61 Å². The molecular formula is C35H48N2O2. The van der Waals surface area contributed by atoms with Crippen molar-refractivity contribution in [1.29, 1.82) is 0 Å². The van der Waals surface area contributed by atoms with Crippen molar-refractivity contribution in [3.05, 3.63) is 94.0 Å². The molecule has 0 aliphatic rings. The summed E-state index contributed by atoms with van der Waals surface area (Å²) in [7, 11) is 2.05. The van der Waals surface area contributed by atoms with E-state index in [0.29, 0.717) is 13.2 Å². The van der Waals surface area contributed by atoms with Crippen LogP contribution in [-0.4, -0.2) is 39.3 Å². The first-order chi connectivity index (χ1) is 18.5. The molecule has 0 spiro atoms. The van der Waals surface area contributed by atoms with E-state index in [4.69, 9.17) is 4.74 Å². The number of benzene rings is 3. The van der Waals surface area contributed by atoms with Gasteiger partial charge in [-0.3, -0.25) is 4.79 Å². The van der Waals surface area contributed by atoms with Crippen LogP contribution in [-0.2, 0) is 9.53 Å². The molecule has 3 aromatic carbocycles. The highest BCUT2D eigenvalue weighted by Gasteiger charge is 2.27. The lowest BCUT2D eigenvalue weighted by Gasteiger charge is -2.27. The number of rotatable bonds is 12. The van der Waals surface area contributed by atoms with Gasteiger partial charge in [0, 0.05) is 37.4 Å². The third-order valence-corrected chi connectivity index (χ3v) is 8.19. The summed E-state index contributed by atoms with van der Waals surface area (Å²) in [5.41, 5.74) is 9.80. The monoisotopic (exact) mass is 528 g/mol. The first-order valence-electron chi connectivity index (χ1n) is 14.4. The van der Waals surface area contributed by atoms with Crippen LogP contribution in [0.1, 0.15) is 80.3 Å². The van der Waals surface area contributed by atoms with Gasteiger partial charge in [0.25, 0.3) is 0 Å². The predicted molar refractivity (Wildman–Crippen MR) is 166 cm³/mol. The number of aryl methyl sites for hydroxylation is 3. The second kappa shape index (κ2) is 13.2. The summed E-state index contributed by atoms with van der Waals surface area (Å²) in [5.74, 6) is 0.0142. The van der Waals surface area contributed by atoms with Gasteiger partial charge in [-0.15, -0.1) is 0 Å².